The van der Waals surface area contributed by atoms with Gasteiger partial charge in [-0.05, 0) is 36.8 Å². The highest BCUT2D eigenvalue weighted by Gasteiger charge is 2.04. The molecule has 3 aromatic rings. The molecule has 3 rings (SSSR count). The summed E-state index contributed by atoms with van der Waals surface area (Å²) in [6.07, 6.45) is 1.83. The van der Waals surface area contributed by atoms with Crippen LogP contribution in [-0.4, -0.2) is 16.5 Å². The summed E-state index contributed by atoms with van der Waals surface area (Å²) < 4.78 is 0. The van der Waals surface area contributed by atoms with Gasteiger partial charge in [0.15, 0.2) is 0 Å². The molecule has 0 unspecified atom stereocenters. The predicted octanol–water partition coefficient (Wildman–Crippen LogP) is 4.11. The Morgan fingerprint density at radius 3 is 2.67 bits per heavy atom. The second kappa shape index (κ2) is 5.79. The van der Waals surface area contributed by atoms with Gasteiger partial charge in [0.05, 0.1) is 0 Å². The first-order valence-electron chi connectivity index (χ1n) is 7.09. The van der Waals surface area contributed by atoms with Crippen molar-refractivity contribution in [3.05, 3.63) is 54.2 Å². The van der Waals surface area contributed by atoms with E-state index in [2.05, 4.69) is 50.9 Å². The van der Waals surface area contributed by atoms with E-state index < -0.39 is 0 Å². The van der Waals surface area contributed by atoms with Crippen LogP contribution in [0.4, 0.5) is 17.5 Å². The molecule has 4 heteroatoms. The van der Waals surface area contributed by atoms with Gasteiger partial charge in [-0.15, -0.1) is 0 Å². The minimum Gasteiger partial charge on any atom is -0.354 e. The SMILES string of the molecule is CCNc1ncc(C)c(Nc2ccc3ccccc3c2)n1. The molecule has 0 bridgehead atoms. The maximum Gasteiger partial charge on any atom is 0.224 e. The maximum atomic E-state index is 4.50. The van der Waals surface area contributed by atoms with Crippen LogP contribution in [0.25, 0.3) is 10.8 Å². The Hall–Kier alpha value is -2.62. The van der Waals surface area contributed by atoms with Gasteiger partial charge in [-0.1, -0.05) is 30.3 Å². The van der Waals surface area contributed by atoms with E-state index in [1.54, 1.807) is 0 Å². The van der Waals surface area contributed by atoms with Crippen LogP contribution in [-0.2, 0) is 0 Å². The zero-order valence-electron chi connectivity index (χ0n) is 12.2. The molecule has 2 N–H and O–H groups in total. The third kappa shape index (κ3) is 2.94. The summed E-state index contributed by atoms with van der Waals surface area (Å²) >= 11 is 0. The fraction of sp³-hybridized carbons (Fsp3) is 0.176. The number of aromatic nitrogens is 2. The number of aryl methyl sites for hydroxylation is 1. The third-order valence-corrected chi connectivity index (χ3v) is 3.32. The van der Waals surface area contributed by atoms with Crippen LogP contribution >= 0.6 is 0 Å². The number of hydrogen-bond donors (Lipinski definition) is 2. The van der Waals surface area contributed by atoms with Crippen LogP contribution < -0.4 is 10.6 Å². The van der Waals surface area contributed by atoms with E-state index in [1.807, 2.05) is 32.2 Å². The topological polar surface area (TPSA) is 49.8 Å². The van der Waals surface area contributed by atoms with E-state index in [0.29, 0.717) is 5.95 Å². The lowest BCUT2D eigenvalue weighted by atomic mass is 10.1. The average Bonchev–Trinajstić information content (AvgIpc) is 2.51. The van der Waals surface area contributed by atoms with Crippen LogP contribution in [0.1, 0.15) is 12.5 Å². The van der Waals surface area contributed by atoms with Crippen molar-refractivity contribution >= 4 is 28.2 Å². The summed E-state index contributed by atoms with van der Waals surface area (Å²) in [6, 6.07) is 14.6. The number of nitrogens with zero attached hydrogens (tertiary/aromatic N) is 2. The van der Waals surface area contributed by atoms with E-state index in [0.717, 1.165) is 23.6 Å². The summed E-state index contributed by atoms with van der Waals surface area (Å²) in [5.41, 5.74) is 2.04. The second-order valence-electron chi connectivity index (χ2n) is 4.94. The van der Waals surface area contributed by atoms with Crippen LogP contribution in [0.15, 0.2) is 48.7 Å². The van der Waals surface area contributed by atoms with Gasteiger partial charge < -0.3 is 10.6 Å². The summed E-state index contributed by atoms with van der Waals surface area (Å²) in [4.78, 5) is 8.76. The number of fused-ring (bicyclic) bond motifs is 1. The molecule has 0 saturated heterocycles. The predicted molar refractivity (Wildman–Crippen MR) is 88.2 cm³/mol. The van der Waals surface area contributed by atoms with Crippen molar-refractivity contribution < 1.29 is 0 Å². The summed E-state index contributed by atoms with van der Waals surface area (Å²) in [7, 11) is 0. The molecule has 1 aromatic heterocycles. The molecule has 2 aromatic carbocycles. The van der Waals surface area contributed by atoms with Crippen molar-refractivity contribution in [3.8, 4) is 0 Å². The number of benzene rings is 2. The van der Waals surface area contributed by atoms with E-state index in [1.165, 1.54) is 10.8 Å². The third-order valence-electron chi connectivity index (χ3n) is 3.32. The fourth-order valence-electron chi connectivity index (χ4n) is 2.22. The van der Waals surface area contributed by atoms with E-state index in [9.17, 15) is 0 Å². The molecule has 0 aliphatic carbocycles. The Morgan fingerprint density at radius 1 is 1.05 bits per heavy atom. The van der Waals surface area contributed by atoms with Crippen molar-refractivity contribution in [1.82, 2.24) is 9.97 Å². The highest BCUT2D eigenvalue weighted by atomic mass is 15.1. The maximum absolute atomic E-state index is 4.50. The molecule has 0 fully saturated rings. The zero-order chi connectivity index (χ0) is 14.7. The first-order valence-corrected chi connectivity index (χ1v) is 7.09. The lowest BCUT2D eigenvalue weighted by Crippen LogP contribution is -2.05. The van der Waals surface area contributed by atoms with E-state index in [4.69, 9.17) is 0 Å². The first kappa shape index (κ1) is 13.4. The number of rotatable bonds is 4. The molecule has 0 aliphatic heterocycles. The normalized spacial score (nSPS) is 10.6. The molecule has 1 heterocycles. The first-order chi connectivity index (χ1) is 10.3. The average molecular weight is 278 g/mol. The minimum atomic E-state index is 0.645. The molecule has 0 saturated carbocycles. The number of nitrogens with one attached hydrogen (secondary N) is 2. The molecule has 0 radical (unpaired) electrons. The Bertz CT molecular complexity index is 768. The van der Waals surface area contributed by atoms with Crippen molar-refractivity contribution in [2.24, 2.45) is 0 Å². The Morgan fingerprint density at radius 2 is 1.86 bits per heavy atom. The Kier molecular flexibility index (Phi) is 3.69. The van der Waals surface area contributed by atoms with Crippen LogP contribution in [0.3, 0.4) is 0 Å². The zero-order valence-corrected chi connectivity index (χ0v) is 12.2. The highest BCUT2D eigenvalue weighted by molar-refractivity contribution is 5.86. The number of anilines is 3. The summed E-state index contributed by atoms with van der Waals surface area (Å²) in [6.45, 7) is 4.83. The summed E-state index contributed by atoms with van der Waals surface area (Å²) in [5, 5.41) is 8.94. The van der Waals surface area contributed by atoms with Crippen LogP contribution in [0.2, 0.25) is 0 Å². The fourth-order valence-corrected chi connectivity index (χ4v) is 2.22. The monoisotopic (exact) mass is 278 g/mol. The van der Waals surface area contributed by atoms with Gasteiger partial charge in [-0.25, -0.2) is 4.98 Å². The van der Waals surface area contributed by atoms with Gasteiger partial charge in [0.2, 0.25) is 5.95 Å². The van der Waals surface area contributed by atoms with Gasteiger partial charge in [0.25, 0.3) is 0 Å². The summed E-state index contributed by atoms with van der Waals surface area (Å²) in [5.74, 6) is 1.47. The molecule has 0 aliphatic rings. The van der Waals surface area contributed by atoms with Crippen molar-refractivity contribution in [2.45, 2.75) is 13.8 Å². The van der Waals surface area contributed by atoms with Gasteiger partial charge in [-0.3, -0.25) is 0 Å². The lowest BCUT2D eigenvalue weighted by molar-refractivity contribution is 1.07. The standard InChI is InChI=1S/C17H18N4/c1-3-18-17-19-11-12(2)16(21-17)20-15-9-8-13-6-4-5-7-14(13)10-15/h4-11H,3H2,1-2H3,(H2,18,19,20,21). The Labute approximate surface area is 124 Å². The van der Waals surface area contributed by atoms with Gasteiger partial charge in [-0.2, -0.15) is 4.98 Å². The molecule has 4 nitrogen and oxygen atoms in total. The molecule has 0 atom stereocenters. The smallest absolute Gasteiger partial charge is 0.224 e. The number of hydrogen-bond acceptors (Lipinski definition) is 4. The van der Waals surface area contributed by atoms with Gasteiger partial charge in [0.1, 0.15) is 5.82 Å². The van der Waals surface area contributed by atoms with E-state index >= 15 is 0 Å². The van der Waals surface area contributed by atoms with Gasteiger partial charge in [0, 0.05) is 24.0 Å². The second-order valence-corrected chi connectivity index (χ2v) is 4.94. The molecule has 106 valence electrons. The molecule has 21 heavy (non-hydrogen) atoms. The van der Waals surface area contributed by atoms with Gasteiger partial charge >= 0.3 is 0 Å². The molecular weight excluding hydrogens is 260 g/mol. The highest BCUT2D eigenvalue weighted by Crippen LogP contribution is 2.23. The molecule has 0 spiro atoms. The Balaban J connectivity index is 1.92. The quantitative estimate of drug-likeness (QED) is 0.754. The van der Waals surface area contributed by atoms with Crippen molar-refractivity contribution in [1.29, 1.82) is 0 Å². The lowest BCUT2D eigenvalue weighted by Gasteiger charge is -2.11. The largest absolute Gasteiger partial charge is 0.354 e. The minimum absolute atomic E-state index is 0.645. The molecule has 0 amide bonds. The van der Waals surface area contributed by atoms with Crippen molar-refractivity contribution in [3.63, 3.8) is 0 Å². The molecular formula is C17H18N4. The van der Waals surface area contributed by atoms with Crippen LogP contribution in [0, 0.1) is 6.92 Å². The van der Waals surface area contributed by atoms with Crippen LogP contribution in [0.5, 0.6) is 0 Å². The van der Waals surface area contributed by atoms with Crippen molar-refractivity contribution in [2.75, 3.05) is 17.2 Å². The van der Waals surface area contributed by atoms with E-state index in [-0.39, 0.29) is 0 Å².